The van der Waals surface area contributed by atoms with Crippen LogP contribution in [0.1, 0.15) is 49.7 Å². The number of phenolic OH excluding ortho intramolecular Hbond substituents is 1. The fraction of sp³-hybridized carbons (Fsp3) is 0.542. The number of nitrogens with one attached hydrogen (secondary N) is 1. The van der Waals surface area contributed by atoms with Crippen LogP contribution >= 0.6 is 34.8 Å². The Balaban J connectivity index is 1.10. The smallest absolute Gasteiger partial charge is 0.303 e. The Bertz CT molecular complexity index is 2730. The monoisotopic (exact) mass is 1190 g/mol. The van der Waals surface area contributed by atoms with E-state index in [4.69, 9.17) is 86.6 Å². The molecule has 1 amide bonds. The molecule has 2 heterocycles. The first-order valence-corrected chi connectivity index (χ1v) is 28.9. The molecule has 0 spiro atoms. The minimum Gasteiger partial charge on any atom is -0.506 e. The van der Waals surface area contributed by atoms with Gasteiger partial charge in [-0.25, -0.2) is 0 Å². The van der Waals surface area contributed by atoms with Gasteiger partial charge in [-0.2, -0.15) is 0 Å². The first-order valence-electron chi connectivity index (χ1n) is 27.7. The third-order valence-electron chi connectivity index (χ3n) is 13.4. The minimum absolute atomic E-state index is 0.00404. The lowest BCUT2D eigenvalue weighted by atomic mass is 9.90. The van der Waals surface area contributed by atoms with E-state index in [-0.39, 0.29) is 83.0 Å². The van der Waals surface area contributed by atoms with Crippen LogP contribution in [0.15, 0.2) is 63.8 Å². The van der Waals surface area contributed by atoms with Gasteiger partial charge >= 0.3 is 5.97 Å². The van der Waals surface area contributed by atoms with E-state index in [9.17, 15) is 24.6 Å². The maximum absolute atomic E-state index is 13.9. The quantitative estimate of drug-likeness (QED) is 0.0208. The highest BCUT2D eigenvalue weighted by Gasteiger charge is 2.28. The molecule has 0 aromatic heterocycles. The van der Waals surface area contributed by atoms with E-state index in [1.165, 1.54) is 0 Å². The van der Waals surface area contributed by atoms with E-state index in [1.54, 1.807) is 26.4 Å². The number of phenols is 1. The molecule has 22 heteroatoms. The van der Waals surface area contributed by atoms with Crippen LogP contribution < -0.4 is 30.0 Å². The van der Waals surface area contributed by atoms with Crippen molar-refractivity contribution in [3.05, 3.63) is 86.0 Å². The van der Waals surface area contributed by atoms with Gasteiger partial charge in [0.2, 0.25) is 11.3 Å². The molecule has 0 saturated carbocycles. The van der Waals surface area contributed by atoms with E-state index >= 15 is 0 Å². The summed E-state index contributed by atoms with van der Waals surface area (Å²) in [6.45, 7) is 9.52. The van der Waals surface area contributed by atoms with Gasteiger partial charge in [0, 0.05) is 80.1 Å². The van der Waals surface area contributed by atoms with Gasteiger partial charge in [-0.3, -0.25) is 14.4 Å². The number of carboxylic acid groups (broad SMARTS) is 1. The van der Waals surface area contributed by atoms with Gasteiger partial charge in [-0.1, -0.05) is 54.2 Å². The van der Waals surface area contributed by atoms with Gasteiger partial charge in [0.1, 0.15) is 27.3 Å². The first kappa shape index (κ1) is 65.0. The SMILES string of the molecule is COc1ccccc1N1CCOCCOCCN(c2ccc(-c3c4cc(CCC(=O)NCCOCCOCCOCCOCCOCCCCCCCl)c(=O)c(Cl)c-4oc4c(Cl)c(O)c(CCC(=O)O)cc34)cc2OC)CCOCC1. The zero-order chi connectivity index (χ0) is 57.6. The number of hydrogen-bond acceptors (Lipinski definition) is 17. The number of anilines is 2. The van der Waals surface area contributed by atoms with Crippen LogP contribution in [-0.4, -0.2) is 181 Å². The Morgan fingerprint density at radius 3 is 1.79 bits per heavy atom. The second-order valence-electron chi connectivity index (χ2n) is 18.9. The van der Waals surface area contributed by atoms with Gasteiger partial charge in [0.15, 0.2) is 11.3 Å². The first-order chi connectivity index (χ1) is 39.6. The van der Waals surface area contributed by atoms with Crippen molar-refractivity contribution in [1.29, 1.82) is 0 Å². The maximum atomic E-state index is 13.9. The summed E-state index contributed by atoms with van der Waals surface area (Å²) in [5, 5.41) is 23.7. The van der Waals surface area contributed by atoms with E-state index in [2.05, 4.69) is 15.1 Å². The molecule has 81 heavy (non-hydrogen) atoms. The van der Waals surface area contributed by atoms with Crippen LogP contribution in [0, 0.1) is 0 Å². The van der Waals surface area contributed by atoms with Crippen LogP contribution in [0.5, 0.6) is 17.2 Å². The predicted molar refractivity (Wildman–Crippen MR) is 313 cm³/mol. The third-order valence-corrected chi connectivity index (χ3v) is 14.3. The number of para-hydroxylation sites is 2. The van der Waals surface area contributed by atoms with Crippen LogP contribution in [0.25, 0.3) is 33.4 Å². The van der Waals surface area contributed by atoms with Gasteiger partial charge in [-0.15, -0.1) is 11.6 Å². The highest BCUT2D eigenvalue weighted by molar-refractivity contribution is 6.37. The second kappa shape index (κ2) is 36.4. The lowest BCUT2D eigenvalue weighted by Gasteiger charge is -2.28. The zero-order valence-corrected chi connectivity index (χ0v) is 48.8. The summed E-state index contributed by atoms with van der Waals surface area (Å²) in [7, 11) is 3.22. The number of fused-ring (bicyclic) bond motifs is 2. The highest BCUT2D eigenvalue weighted by Crippen LogP contribution is 2.49. The van der Waals surface area contributed by atoms with Crippen molar-refractivity contribution in [2.45, 2.75) is 51.4 Å². The summed E-state index contributed by atoms with van der Waals surface area (Å²) in [6.07, 6.45) is 4.01. The lowest BCUT2D eigenvalue weighted by Crippen LogP contribution is -2.33. The Labute approximate surface area is 489 Å². The number of benzene rings is 4. The summed E-state index contributed by atoms with van der Waals surface area (Å²) in [6, 6.07) is 16.8. The van der Waals surface area contributed by atoms with E-state index < -0.39 is 11.4 Å². The number of rotatable bonds is 32. The number of amides is 1. The molecular formula is C59H78Cl3N3O16. The molecule has 1 fully saturated rings. The van der Waals surface area contributed by atoms with Crippen LogP contribution in [-0.2, 0) is 60.3 Å². The van der Waals surface area contributed by atoms with E-state index in [0.717, 1.165) is 49.4 Å². The van der Waals surface area contributed by atoms with E-state index in [0.29, 0.717) is 152 Å². The van der Waals surface area contributed by atoms with Crippen LogP contribution in [0.4, 0.5) is 11.4 Å². The molecule has 3 aromatic rings. The number of unbranched alkanes of at least 4 members (excludes halogenated alkanes) is 3. The average molecular weight is 1190 g/mol. The Morgan fingerprint density at radius 1 is 0.630 bits per heavy atom. The fourth-order valence-corrected chi connectivity index (χ4v) is 9.85. The Kier molecular flexibility index (Phi) is 29.2. The second-order valence-corrected chi connectivity index (χ2v) is 20.0. The molecule has 3 aliphatic rings. The standard InChI is InChI=1S/C59H78Cl3N3O16/c1-71-49-10-6-5-9-47(49)64-19-25-75-26-20-65(22-28-77-32-31-76-27-21-64)48-14-11-42(41-50(48)72-2)53-45-39-43(56(69)54(61)58(45)81-59-46(53)40-44(13-16-52(67)68)57(70)55(59)62)12-15-51(66)63-18-24-74-30-34-79-36-38-80-37-35-78-33-29-73-23-8-4-3-7-17-60/h5-6,9-11,14,39-41,70H,3-4,7-8,12-13,15-38H2,1-2H3,(H,63,66)(H,67,68). The van der Waals surface area contributed by atoms with Crippen molar-refractivity contribution in [3.8, 4) is 39.7 Å². The number of carboxylic acids is 1. The van der Waals surface area contributed by atoms with Gasteiger partial charge in [0.25, 0.3) is 0 Å². The molecular weight excluding hydrogens is 1110 g/mol. The molecule has 19 nitrogen and oxygen atoms in total. The summed E-state index contributed by atoms with van der Waals surface area (Å²) in [4.78, 5) is 43.1. The molecule has 446 valence electrons. The number of carbonyl (C=O) groups is 2. The zero-order valence-electron chi connectivity index (χ0n) is 46.5. The van der Waals surface area contributed by atoms with Crippen molar-refractivity contribution >= 4 is 69.0 Å². The molecule has 0 atom stereocenters. The maximum Gasteiger partial charge on any atom is 0.303 e. The molecule has 0 unspecified atom stereocenters. The summed E-state index contributed by atoms with van der Waals surface area (Å²) in [5.74, 6) is 0.246. The number of hydrogen-bond donors (Lipinski definition) is 3. The van der Waals surface area contributed by atoms with Crippen molar-refractivity contribution in [2.24, 2.45) is 0 Å². The molecule has 1 saturated heterocycles. The molecule has 3 N–H and O–H groups in total. The molecule has 1 aliphatic carbocycles. The average Bonchev–Trinajstić information content (AvgIpc) is 2.99. The van der Waals surface area contributed by atoms with Gasteiger partial charge < -0.3 is 77.1 Å². The lowest BCUT2D eigenvalue weighted by molar-refractivity contribution is -0.137. The highest BCUT2D eigenvalue weighted by atomic mass is 35.5. The van der Waals surface area contributed by atoms with Crippen molar-refractivity contribution in [2.75, 3.05) is 168 Å². The van der Waals surface area contributed by atoms with Crippen LogP contribution in [0.3, 0.4) is 0 Å². The minimum atomic E-state index is -1.06. The fourth-order valence-electron chi connectivity index (χ4n) is 9.14. The number of nitrogens with zero attached hydrogens (tertiary/aromatic N) is 2. The third kappa shape index (κ3) is 20.6. The molecule has 0 bridgehead atoms. The predicted octanol–water partition coefficient (Wildman–Crippen LogP) is 8.92. The summed E-state index contributed by atoms with van der Waals surface area (Å²) in [5.41, 5.74) is 3.24. The van der Waals surface area contributed by atoms with Gasteiger partial charge in [-0.05, 0) is 73.2 Å². The van der Waals surface area contributed by atoms with E-state index in [1.807, 2.05) is 42.5 Å². The molecule has 6 rings (SSSR count). The van der Waals surface area contributed by atoms with Gasteiger partial charge in [0.05, 0.1) is 125 Å². The number of aryl methyl sites for hydroxylation is 2. The largest absolute Gasteiger partial charge is 0.506 e. The number of halogens is 3. The Hall–Kier alpha value is -5.16. The van der Waals surface area contributed by atoms with Crippen LogP contribution in [0.2, 0.25) is 10.0 Å². The summed E-state index contributed by atoms with van der Waals surface area (Å²) >= 11 is 19.4. The van der Waals surface area contributed by atoms with Crippen molar-refractivity contribution in [1.82, 2.24) is 5.32 Å². The number of methoxy groups -OCH3 is 2. The number of alkyl halides is 1. The van der Waals surface area contributed by atoms with Crippen molar-refractivity contribution in [3.63, 3.8) is 0 Å². The Morgan fingerprint density at radius 2 is 1.19 bits per heavy atom. The molecule has 2 aliphatic heterocycles. The topological polar surface area (TPSA) is 216 Å². The number of ether oxygens (including phenoxy) is 10. The van der Waals surface area contributed by atoms with Crippen molar-refractivity contribution < 1.29 is 71.6 Å². The number of aromatic hydroxyl groups is 1. The number of carbonyl (C=O) groups excluding carboxylic acids is 1. The normalized spacial score (nSPS) is 14.0. The number of aliphatic carboxylic acids is 1. The molecule has 3 aromatic carbocycles. The summed E-state index contributed by atoms with van der Waals surface area (Å²) < 4.78 is 64.2. The molecule has 0 radical (unpaired) electrons.